The van der Waals surface area contributed by atoms with Crippen molar-refractivity contribution in [3.05, 3.63) is 30.3 Å². The molecular formula is C14H16O4S. The number of rotatable bonds is 3. The van der Waals surface area contributed by atoms with E-state index in [1.54, 1.807) is 30.3 Å². The van der Waals surface area contributed by atoms with Crippen LogP contribution in [0.1, 0.15) is 26.2 Å². The molecule has 1 saturated heterocycles. The quantitative estimate of drug-likeness (QED) is 0.794. The van der Waals surface area contributed by atoms with E-state index in [9.17, 15) is 13.2 Å². The van der Waals surface area contributed by atoms with Crippen molar-refractivity contribution in [2.24, 2.45) is 5.92 Å². The van der Waals surface area contributed by atoms with Crippen LogP contribution in [0.15, 0.2) is 35.2 Å². The largest absolute Gasteiger partial charge is 0.461 e. The molecule has 0 amide bonds. The summed E-state index contributed by atoms with van der Waals surface area (Å²) in [7, 11) is -3.67. The first-order chi connectivity index (χ1) is 9.04. The maximum atomic E-state index is 12.8. The van der Waals surface area contributed by atoms with E-state index in [-0.39, 0.29) is 16.9 Å². The van der Waals surface area contributed by atoms with Crippen LogP contribution < -0.4 is 0 Å². The van der Waals surface area contributed by atoms with Crippen LogP contribution in [-0.4, -0.2) is 25.2 Å². The van der Waals surface area contributed by atoms with Gasteiger partial charge in [0.2, 0.25) is 0 Å². The van der Waals surface area contributed by atoms with Gasteiger partial charge >= 0.3 is 5.97 Å². The highest BCUT2D eigenvalue weighted by atomic mass is 32.2. The Labute approximate surface area is 112 Å². The molecule has 0 spiro atoms. The maximum absolute atomic E-state index is 12.8. The van der Waals surface area contributed by atoms with E-state index in [1.807, 2.05) is 6.92 Å². The Balaban J connectivity index is 2.09. The van der Waals surface area contributed by atoms with Crippen molar-refractivity contribution in [2.45, 2.75) is 41.9 Å². The van der Waals surface area contributed by atoms with Gasteiger partial charge in [0.15, 0.2) is 14.6 Å². The van der Waals surface area contributed by atoms with Gasteiger partial charge in [0.25, 0.3) is 0 Å². The van der Waals surface area contributed by atoms with E-state index < -0.39 is 20.6 Å². The molecule has 1 heterocycles. The number of esters is 1. The van der Waals surface area contributed by atoms with Crippen molar-refractivity contribution in [1.29, 1.82) is 0 Å². The second kappa shape index (κ2) is 4.07. The molecule has 19 heavy (non-hydrogen) atoms. The number of sulfone groups is 1. The molecule has 102 valence electrons. The predicted octanol–water partition coefficient (Wildman–Crippen LogP) is 1.94. The Kier molecular flexibility index (Phi) is 2.71. The first kappa shape index (κ1) is 12.7. The van der Waals surface area contributed by atoms with Crippen molar-refractivity contribution >= 4 is 15.8 Å². The second-order valence-corrected chi connectivity index (χ2v) is 7.41. The van der Waals surface area contributed by atoms with E-state index in [4.69, 9.17) is 4.74 Å². The SMILES string of the molecule is CC[C@@H]1OC(=O)[C@@]2(S(=O)(=O)c3ccccc3)CC[C@@H]12. The summed E-state index contributed by atoms with van der Waals surface area (Å²) in [6.07, 6.45) is 1.54. The third-order valence-electron chi connectivity index (χ3n) is 4.41. The summed E-state index contributed by atoms with van der Waals surface area (Å²) >= 11 is 0. The second-order valence-electron chi connectivity index (χ2n) is 5.20. The van der Waals surface area contributed by atoms with Crippen LogP contribution in [0.5, 0.6) is 0 Å². The van der Waals surface area contributed by atoms with E-state index in [0.29, 0.717) is 12.8 Å². The van der Waals surface area contributed by atoms with Gasteiger partial charge in [-0.25, -0.2) is 8.42 Å². The lowest BCUT2D eigenvalue weighted by atomic mass is 9.71. The van der Waals surface area contributed by atoms with E-state index >= 15 is 0 Å². The molecule has 5 heteroatoms. The van der Waals surface area contributed by atoms with Crippen molar-refractivity contribution in [3.63, 3.8) is 0 Å². The van der Waals surface area contributed by atoms with Gasteiger partial charge in [0.05, 0.1) is 4.90 Å². The van der Waals surface area contributed by atoms with Gasteiger partial charge < -0.3 is 4.74 Å². The number of hydrogen-bond donors (Lipinski definition) is 0. The molecule has 4 nitrogen and oxygen atoms in total. The van der Waals surface area contributed by atoms with Gasteiger partial charge in [-0.1, -0.05) is 25.1 Å². The minimum Gasteiger partial charge on any atom is -0.461 e. The molecule has 2 aliphatic rings. The van der Waals surface area contributed by atoms with Gasteiger partial charge in [-0.2, -0.15) is 0 Å². The van der Waals surface area contributed by atoms with Crippen LogP contribution in [0, 0.1) is 5.92 Å². The zero-order chi connectivity index (χ0) is 13.7. The molecule has 1 aromatic carbocycles. The van der Waals surface area contributed by atoms with Crippen LogP contribution in [0.2, 0.25) is 0 Å². The average Bonchev–Trinajstić information content (AvgIpc) is 2.57. The number of cyclic esters (lactones) is 1. The highest BCUT2D eigenvalue weighted by Gasteiger charge is 2.70. The molecule has 0 aromatic heterocycles. The molecule has 3 atom stereocenters. The van der Waals surface area contributed by atoms with Gasteiger partial charge in [0, 0.05) is 5.92 Å². The third kappa shape index (κ3) is 1.45. The van der Waals surface area contributed by atoms with E-state index in [1.165, 1.54) is 0 Å². The van der Waals surface area contributed by atoms with Crippen LogP contribution >= 0.6 is 0 Å². The number of benzene rings is 1. The summed E-state index contributed by atoms with van der Waals surface area (Å²) in [4.78, 5) is 12.4. The smallest absolute Gasteiger partial charge is 0.328 e. The van der Waals surface area contributed by atoms with Crippen LogP contribution in [0.3, 0.4) is 0 Å². The molecule has 1 saturated carbocycles. The van der Waals surface area contributed by atoms with Crippen molar-refractivity contribution in [3.8, 4) is 0 Å². The standard InChI is InChI=1S/C14H16O4S/c1-2-12-11-8-9-14(11,13(15)18-12)19(16,17)10-6-4-3-5-7-10/h3-7,11-12H,2,8-9H2,1H3/t11-,12-,14+/m0/s1. The summed E-state index contributed by atoms with van der Waals surface area (Å²) in [5.74, 6) is -0.741. The van der Waals surface area contributed by atoms with Crippen molar-refractivity contribution in [2.75, 3.05) is 0 Å². The zero-order valence-corrected chi connectivity index (χ0v) is 11.5. The lowest BCUT2D eigenvalue weighted by Gasteiger charge is -2.40. The van der Waals surface area contributed by atoms with Gasteiger partial charge in [0.1, 0.15) is 6.10 Å². The summed E-state index contributed by atoms with van der Waals surface area (Å²) in [5, 5.41) is 0. The summed E-state index contributed by atoms with van der Waals surface area (Å²) in [6.45, 7) is 1.92. The molecule has 0 bridgehead atoms. The summed E-state index contributed by atoms with van der Waals surface area (Å²) in [6, 6.07) is 8.21. The fraction of sp³-hybridized carbons (Fsp3) is 0.500. The summed E-state index contributed by atoms with van der Waals surface area (Å²) in [5.41, 5.74) is 0. The predicted molar refractivity (Wildman–Crippen MR) is 69.3 cm³/mol. The molecule has 3 rings (SSSR count). The fourth-order valence-corrected chi connectivity index (χ4v) is 5.51. The molecule has 2 fully saturated rings. The number of fused-ring (bicyclic) bond motifs is 1. The number of hydrogen-bond acceptors (Lipinski definition) is 4. The Bertz CT molecular complexity index is 608. The lowest BCUT2D eigenvalue weighted by Crippen LogP contribution is -2.56. The van der Waals surface area contributed by atoms with Gasteiger partial charge in [-0.3, -0.25) is 4.79 Å². The Morgan fingerprint density at radius 2 is 2.00 bits per heavy atom. The van der Waals surface area contributed by atoms with Crippen molar-refractivity contribution in [1.82, 2.24) is 0 Å². The van der Waals surface area contributed by atoms with E-state index in [2.05, 4.69) is 0 Å². The topological polar surface area (TPSA) is 60.4 Å². The molecule has 1 aliphatic heterocycles. The Morgan fingerprint density at radius 1 is 1.32 bits per heavy atom. The lowest BCUT2D eigenvalue weighted by molar-refractivity contribution is -0.143. The molecule has 0 radical (unpaired) electrons. The van der Waals surface area contributed by atoms with Crippen molar-refractivity contribution < 1.29 is 17.9 Å². The molecule has 1 aromatic rings. The summed E-state index contributed by atoms with van der Waals surface area (Å²) < 4.78 is 29.5. The number of ether oxygens (including phenoxy) is 1. The molecule has 0 unspecified atom stereocenters. The first-order valence-corrected chi connectivity index (χ1v) is 8.03. The highest BCUT2D eigenvalue weighted by Crippen LogP contribution is 2.55. The first-order valence-electron chi connectivity index (χ1n) is 6.55. The number of carbonyl (C=O) groups is 1. The number of carbonyl (C=O) groups excluding carboxylic acids is 1. The zero-order valence-electron chi connectivity index (χ0n) is 10.7. The fourth-order valence-electron chi connectivity index (χ4n) is 3.25. The monoisotopic (exact) mass is 280 g/mol. The third-order valence-corrected chi connectivity index (χ3v) is 6.94. The molecular weight excluding hydrogens is 264 g/mol. The van der Waals surface area contributed by atoms with Gasteiger partial charge in [-0.05, 0) is 31.4 Å². The Morgan fingerprint density at radius 3 is 2.53 bits per heavy atom. The minimum atomic E-state index is -3.67. The van der Waals surface area contributed by atoms with Crippen LogP contribution in [-0.2, 0) is 19.4 Å². The highest BCUT2D eigenvalue weighted by molar-refractivity contribution is 7.93. The Hall–Kier alpha value is -1.36. The van der Waals surface area contributed by atoms with Crippen LogP contribution in [0.4, 0.5) is 0 Å². The average molecular weight is 280 g/mol. The maximum Gasteiger partial charge on any atom is 0.328 e. The molecule has 0 N–H and O–H groups in total. The van der Waals surface area contributed by atoms with Crippen LogP contribution in [0.25, 0.3) is 0 Å². The minimum absolute atomic E-state index is 0.185. The van der Waals surface area contributed by atoms with Gasteiger partial charge in [-0.15, -0.1) is 0 Å². The normalized spacial score (nSPS) is 33.4. The molecule has 1 aliphatic carbocycles. The van der Waals surface area contributed by atoms with E-state index in [0.717, 1.165) is 6.42 Å².